The summed E-state index contributed by atoms with van der Waals surface area (Å²) in [4.78, 5) is 72.5. The molecule has 4 aromatic rings. The van der Waals surface area contributed by atoms with E-state index in [1.807, 2.05) is 18.2 Å². The second-order valence-electron chi connectivity index (χ2n) is 21.6. The monoisotopic (exact) mass is 1010 g/mol. The van der Waals surface area contributed by atoms with E-state index in [-0.39, 0.29) is 58.7 Å². The van der Waals surface area contributed by atoms with Gasteiger partial charge in [0.05, 0.1) is 34.3 Å². The van der Waals surface area contributed by atoms with Crippen LogP contribution in [0.25, 0.3) is 11.0 Å². The van der Waals surface area contributed by atoms with E-state index in [0.29, 0.717) is 48.0 Å². The number of carbonyl (C=O) groups is 4. The number of fused-ring (bicyclic) bond motifs is 4. The molecule has 4 atom stereocenters. The summed E-state index contributed by atoms with van der Waals surface area (Å²) in [5, 5.41) is 13.1. The highest BCUT2D eigenvalue weighted by atomic mass is 35.5. The molecular formula is C54H65Cl2FN8O6. The van der Waals surface area contributed by atoms with Crippen LogP contribution < -0.4 is 27.0 Å². The van der Waals surface area contributed by atoms with Gasteiger partial charge in [0.25, 0.3) is 0 Å². The first-order valence-electron chi connectivity index (χ1n) is 26.1. The van der Waals surface area contributed by atoms with Crippen molar-refractivity contribution < 1.29 is 28.3 Å². The first-order valence-corrected chi connectivity index (χ1v) is 26.9. The number of imide groups is 1. The molecule has 6 fully saturated rings. The first kappa shape index (κ1) is 48.6. The lowest BCUT2D eigenvalue weighted by molar-refractivity contribution is -0.136. The van der Waals surface area contributed by atoms with Crippen molar-refractivity contribution in [2.24, 2.45) is 13.0 Å². The van der Waals surface area contributed by atoms with Crippen molar-refractivity contribution in [1.29, 1.82) is 0 Å². The summed E-state index contributed by atoms with van der Waals surface area (Å²) >= 11 is 12.9. The third-order valence-electron chi connectivity index (χ3n) is 17.6. The predicted octanol–water partition coefficient (Wildman–Crippen LogP) is 7.23. The Kier molecular flexibility index (Phi) is 13.5. The van der Waals surface area contributed by atoms with E-state index in [4.69, 9.17) is 27.9 Å². The highest BCUT2D eigenvalue weighted by molar-refractivity contribution is 6.31. The highest BCUT2D eigenvalue weighted by Gasteiger charge is 2.72. The maximum Gasteiger partial charge on any atom is 0.329 e. The molecular weight excluding hydrogens is 947 g/mol. The number of nitrogens with zero attached hydrogens (tertiary/aromatic N) is 4. The van der Waals surface area contributed by atoms with E-state index in [0.717, 1.165) is 120 Å². The fraction of sp³-hybridized carbons (Fsp3) is 0.574. The third-order valence-corrected chi connectivity index (χ3v) is 18.1. The summed E-state index contributed by atoms with van der Waals surface area (Å²) in [6.07, 6.45) is 12.8. The first-order chi connectivity index (χ1) is 34.3. The van der Waals surface area contributed by atoms with E-state index in [9.17, 15) is 24.0 Å². The Labute approximate surface area is 423 Å². The van der Waals surface area contributed by atoms with Gasteiger partial charge >= 0.3 is 5.69 Å². The minimum Gasteiger partial charge on any atom is -0.375 e. The molecule has 0 bridgehead atoms. The molecule has 4 N–H and O–H groups in total. The van der Waals surface area contributed by atoms with Crippen LogP contribution in [0.2, 0.25) is 10.0 Å². The minimum atomic E-state index is -1.26. The molecule has 6 heterocycles. The topological polar surface area (TPSA) is 159 Å². The number of nitrogens with one attached hydrogen (secondary N) is 4. The van der Waals surface area contributed by atoms with Gasteiger partial charge in [-0.2, -0.15) is 0 Å². The Hall–Kier alpha value is -4.64. The average molecular weight is 1010 g/mol. The zero-order chi connectivity index (χ0) is 49.2. The number of aryl methyl sites for hydroxylation is 1. The van der Waals surface area contributed by atoms with Crippen LogP contribution in [0.4, 0.5) is 10.1 Å². The number of anilines is 1. The van der Waals surface area contributed by atoms with Crippen LogP contribution in [0.1, 0.15) is 125 Å². The summed E-state index contributed by atoms with van der Waals surface area (Å²) in [7, 11) is 1.75. The predicted molar refractivity (Wildman–Crippen MR) is 270 cm³/mol. The van der Waals surface area contributed by atoms with E-state index >= 15 is 4.39 Å². The van der Waals surface area contributed by atoms with Gasteiger partial charge in [-0.3, -0.25) is 43.8 Å². The van der Waals surface area contributed by atoms with Gasteiger partial charge in [0.2, 0.25) is 23.6 Å². The lowest BCUT2D eigenvalue weighted by Gasteiger charge is -2.47. The number of likely N-dealkylation sites (tertiary alicyclic amines) is 2. The molecule has 17 heteroatoms. The number of piperidine rings is 3. The molecule has 4 amide bonds. The number of rotatable bonds is 10. The maximum absolute atomic E-state index is 16.4. The fourth-order valence-electron chi connectivity index (χ4n) is 14.2. The van der Waals surface area contributed by atoms with E-state index in [1.54, 1.807) is 40.4 Å². The van der Waals surface area contributed by atoms with Gasteiger partial charge in [0, 0.05) is 80.9 Å². The van der Waals surface area contributed by atoms with Crippen LogP contribution >= 0.6 is 23.2 Å². The minimum absolute atomic E-state index is 0.0206. The maximum atomic E-state index is 16.4. The van der Waals surface area contributed by atoms with Crippen molar-refractivity contribution in [1.82, 2.24) is 34.9 Å². The Balaban J connectivity index is 0.669. The number of ether oxygens (including phenoxy) is 1. The number of amides is 4. The molecule has 5 aliphatic heterocycles. The zero-order valence-corrected chi connectivity index (χ0v) is 42.0. The van der Waals surface area contributed by atoms with Crippen LogP contribution in [0.5, 0.6) is 0 Å². The largest absolute Gasteiger partial charge is 0.375 e. The van der Waals surface area contributed by atoms with Gasteiger partial charge in [-0.25, -0.2) is 9.18 Å². The zero-order valence-electron chi connectivity index (χ0n) is 40.5. The molecule has 1 unspecified atom stereocenters. The van der Waals surface area contributed by atoms with E-state index in [2.05, 4.69) is 37.1 Å². The van der Waals surface area contributed by atoms with Crippen LogP contribution in [0.15, 0.2) is 59.4 Å². The molecule has 3 aromatic carbocycles. The Morgan fingerprint density at radius 2 is 1.54 bits per heavy atom. The van der Waals surface area contributed by atoms with Gasteiger partial charge in [0.1, 0.15) is 17.3 Å². The van der Waals surface area contributed by atoms with E-state index in [1.165, 1.54) is 6.07 Å². The summed E-state index contributed by atoms with van der Waals surface area (Å²) in [5.74, 6) is -2.08. The molecule has 71 heavy (non-hydrogen) atoms. The molecule has 0 radical (unpaired) electrons. The molecule has 2 spiro atoms. The van der Waals surface area contributed by atoms with Crippen molar-refractivity contribution in [3.05, 3.63) is 97.6 Å². The van der Waals surface area contributed by atoms with Crippen LogP contribution in [-0.2, 0) is 42.9 Å². The quantitative estimate of drug-likeness (QED) is 0.120. The summed E-state index contributed by atoms with van der Waals surface area (Å²) in [6.45, 7) is 5.52. The number of carbonyl (C=O) groups excluding carboxylic acids is 4. The number of imidazole rings is 1. The van der Waals surface area contributed by atoms with Gasteiger partial charge in [-0.05, 0) is 118 Å². The molecule has 1 aromatic heterocycles. The lowest BCUT2D eigenvalue weighted by Crippen LogP contribution is -2.60. The highest BCUT2D eigenvalue weighted by Crippen LogP contribution is 2.63. The Bertz CT molecular complexity index is 2790. The van der Waals surface area contributed by atoms with Crippen molar-refractivity contribution in [2.75, 3.05) is 38.0 Å². The fourth-order valence-corrected chi connectivity index (χ4v) is 14.5. The van der Waals surface area contributed by atoms with E-state index < -0.39 is 40.7 Å². The molecule has 7 aliphatic rings. The van der Waals surface area contributed by atoms with Crippen LogP contribution in [-0.4, -0.2) is 105 Å². The normalized spacial score (nSPS) is 28.7. The average Bonchev–Trinajstić information content (AvgIpc) is 3.92. The molecule has 2 aliphatic carbocycles. The molecule has 4 saturated heterocycles. The summed E-state index contributed by atoms with van der Waals surface area (Å²) in [5.41, 5.74) is 1.93. The number of para-hydroxylation sites is 1. The summed E-state index contributed by atoms with van der Waals surface area (Å²) < 4.78 is 26.3. The van der Waals surface area contributed by atoms with Crippen LogP contribution in [0, 0.1) is 11.7 Å². The number of aromatic nitrogens is 2. The standard InChI is InChI=1S/C54H65Cl2FN8O6/c1-62-48-33(7-5-10-42(48)65(52(62)70)43-17-18-44(66)60-49(43)67)31-64-27-21-37(22-28-64)71-36-19-25-63(26-20-36)30-32-11-14-35(15-12-32)58-50(68)47-45(38-8-6-9-40(56)46(38)57)54(53(61-47)23-3-2-4-24-53)39-16-13-34(55)29-41(39)59-51(54)69/h5-10,13,16,29,32,35-37,43,45,47,61H,2-4,11-12,14-15,17-28,30-31H2,1H3,(H,58,68)(H,59,69)(H,60,66,67)/t32-,35-,43?,45-,47+,54+/m0/s1. The third kappa shape index (κ3) is 8.73. The second-order valence-corrected chi connectivity index (χ2v) is 22.5. The van der Waals surface area contributed by atoms with Crippen LogP contribution in [0.3, 0.4) is 0 Å². The number of benzene rings is 3. The number of hydrogen-bond donors (Lipinski definition) is 4. The van der Waals surface area contributed by atoms with Gasteiger partial charge in [0.15, 0.2) is 0 Å². The van der Waals surface area contributed by atoms with Gasteiger partial charge < -0.3 is 20.3 Å². The second kappa shape index (κ2) is 19.7. The summed E-state index contributed by atoms with van der Waals surface area (Å²) in [6, 6.07) is 14.6. The van der Waals surface area contributed by atoms with Crippen molar-refractivity contribution in [3.8, 4) is 0 Å². The molecule has 14 nitrogen and oxygen atoms in total. The Morgan fingerprint density at radius 1 is 0.831 bits per heavy atom. The lowest BCUT2D eigenvalue weighted by atomic mass is 9.55. The number of halogens is 3. The Morgan fingerprint density at radius 3 is 2.25 bits per heavy atom. The van der Waals surface area contributed by atoms with Crippen molar-refractivity contribution >= 4 is 63.6 Å². The smallest absolute Gasteiger partial charge is 0.329 e. The SMILES string of the molecule is Cn1c(=O)n(C2CCC(=O)NC2=O)c2cccc(CN3CCC(OC4CCN(C[C@H]5CC[C@H](NC(=O)[C@@H]6NC7(CCCCC7)[C@@]7(C(=O)Nc8cc(Cl)ccc87)[C@H]6c6cccc(Cl)c6F)CC5)CC4)CC3)c21. The van der Waals surface area contributed by atoms with Crippen molar-refractivity contribution in [2.45, 2.75) is 150 Å². The molecule has 2 saturated carbocycles. The van der Waals surface area contributed by atoms with Gasteiger partial charge in [-0.15, -0.1) is 0 Å². The number of hydrogen-bond acceptors (Lipinski definition) is 9. The molecule has 378 valence electrons. The molecule has 11 rings (SSSR count). The van der Waals surface area contributed by atoms with Crippen molar-refractivity contribution in [3.63, 3.8) is 0 Å². The van der Waals surface area contributed by atoms with Gasteiger partial charge in [-0.1, -0.05) is 72.8 Å².